The van der Waals surface area contributed by atoms with Crippen LogP contribution in [0.2, 0.25) is 0 Å². The second kappa shape index (κ2) is 10.3. The van der Waals surface area contributed by atoms with Gasteiger partial charge in [-0.1, -0.05) is 31.5 Å². The van der Waals surface area contributed by atoms with Crippen molar-refractivity contribution in [3.8, 4) is 11.5 Å². The first-order chi connectivity index (χ1) is 17.1. The molecule has 4 heterocycles. The molecule has 0 saturated carbocycles. The summed E-state index contributed by atoms with van der Waals surface area (Å²) < 4.78 is 11.3. The number of nitrogens with zero attached hydrogens (tertiary/aromatic N) is 2. The van der Waals surface area contributed by atoms with Gasteiger partial charge >= 0.3 is 0 Å². The van der Waals surface area contributed by atoms with Crippen LogP contribution in [0.1, 0.15) is 60.7 Å². The van der Waals surface area contributed by atoms with Crippen LogP contribution in [0.5, 0.6) is 11.5 Å². The number of methoxy groups -OCH3 is 2. The molecule has 194 valence electrons. The van der Waals surface area contributed by atoms with Crippen molar-refractivity contribution < 1.29 is 9.47 Å². The predicted octanol–water partition coefficient (Wildman–Crippen LogP) is 6.17. The molecule has 1 saturated heterocycles. The van der Waals surface area contributed by atoms with E-state index in [0.717, 1.165) is 36.8 Å². The fourth-order valence-electron chi connectivity index (χ4n) is 7.28. The van der Waals surface area contributed by atoms with Crippen molar-refractivity contribution in [1.82, 2.24) is 14.8 Å². The lowest BCUT2D eigenvalue weighted by Gasteiger charge is -2.48. The third kappa shape index (κ3) is 4.19. The van der Waals surface area contributed by atoms with E-state index in [4.69, 9.17) is 9.47 Å². The predicted molar refractivity (Wildman–Crippen MR) is 149 cm³/mol. The van der Waals surface area contributed by atoms with E-state index in [1.54, 1.807) is 19.8 Å². The maximum atomic E-state index is 5.70. The maximum Gasteiger partial charge on any atom is 0.161 e. The number of H-pyrrole nitrogens is 1. The number of benzene rings is 2. The molecule has 6 heteroatoms. The molecule has 3 aromatic rings. The van der Waals surface area contributed by atoms with E-state index < -0.39 is 0 Å². The summed E-state index contributed by atoms with van der Waals surface area (Å²) in [6.45, 7) is 5.89. The average Bonchev–Trinajstić information content (AvgIpc) is 3.28. The van der Waals surface area contributed by atoms with Gasteiger partial charge in [-0.2, -0.15) is 0 Å². The average molecular weight is 510 g/mol. The zero-order valence-corrected chi connectivity index (χ0v) is 22.9. The highest BCUT2D eigenvalue weighted by molar-refractivity contribution is 5.85. The molecule has 1 unspecified atom stereocenters. The molecule has 2 aromatic carbocycles. The Morgan fingerprint density at radius 1 is 1.00 bits per heavy atom. The van der Waals surface area contributed by atoms with Gasteiger partial charge in [0.2, 0.25) is 0 Å². The molecule has 1 N–H and O–H groups in total. The molecule has 1 aromatic heterocycles. The van der Waals surface area contributed by atoms with Crippen LogP contribution in [0.4, 0.5) is 0 Å². The van der Waals surface area contributed by atoms with Crippen molar-refractivity contribution in [2.75, 3.05) is 40.9 Å². The van der Waals surface area contributed by atoms with E-state index in [1.807, 2.05) is 0 Å². The van der Waals surface area contributed by atoms with Crippen LogP contribution in [0.25, 0.3) is 10.9 Å². The lowest BCUT2D eigenvalue weighted by molar-refractivity contribution is 0.0328. The van der Waals surface area contributed by atoms with Gasteiger partial charge in [0.1, 0.15) is 0 Å². The van der Waals surface area contributed by atoms with Gasteiger partial charge < -0.3 is 14.5 Å². The van der Waals surface area contributed by atoms with Crippen LogP contribution >= 0.6 is 12.4 Å². The number of likely N-dealkylation sites (N-methyl/N-ethyl adjacent to an activating group) is 1. The highest BCUT2D eigenvalue weighted by atomic mass is 35.5. The Bertz CT molecular complexity index is 1220. The molecule has 0 bridgehead atoms. The number of fused-ring (bicyclic) bond motifs is 6. The smallest absolute Gasteiger partial charge is 0.161 e. The molecule has 0 spiro atoms. The van der Waals surface area contributed by atoms with E-state index in [-0.39, 0.29) is 12.4 Å². The third-order valence-electron chi connectivity index (χ3n) is 9.25. The molecule has 3 aliphatic rings. The number of aromatic nitrogens is 1. The summed E-state index contributed by atoms with van der Waals surface area (Å²) in [5.41, 5.74) is 7.21. The minimum atomic E-state index is 0. The monoisotopic (exact) mass is 509 g/mol. The molecular weight excluding hydrogens is 470 g/mol. The largest absolute Gasteiger partial charge is 0.493 e. The molecular formula is C30H40ClN3O2. The van der Waals surface area contributed by atoms with Crippen LogP contribution < -0.4 is 9.47 Å². The fraction of sp³-hybridized carbons (Fsp3) is 0.533. The molecule has 36 heavy (non-hydrogen) atoms. The Balaban J connectivity index is 0.00000267. The van der Waals surface area contributed by atoms with E-state index >= 15 is 0 Å². The molecule has 5 nitrogen and oxygen atoms in total. The number of rotatable bonds is 5. The Labute approximate surface area is 221 Å². The summed E-state index contributed by atoms with van der Waals surface area (Å²) in [4.78, 5) is 9.19. The summed E-state index contributed by atoms with van der Waals surface area (Å²) in [6.07, 6.45) is 5.93. The van der Waals surface area contributed by atoms with Gasteiger partial charge in [-0.15, -0.1) is 12.4 Å². The van der Waals surface area contributed by atoms with Gasteiger partial charge in [-0.05, 0) is 79.5 Å². The fourth-order valence-corrected chi connectivity index (χ4v) is 7.28. The molecule has 0 radical (unpaired) electrons. The van der Waals surface area contributed by atoms with Gasteiger partial charge in [0.05, 0.1) is 20.3 Å². The first-order valence-electron chi connectivity index (χ1n) is 13.4. The second-order valence-corrected chi connectivity index (χ2v) is 10.9. The maximum absolute atomic E-state index is 5.70. The molecule has 6 rings (SSSR count). The minimum absolute atomic E-state index is 0. The number of aromatic amines is 1. The van der Waals surface area contributed by atoms with Crippen LogP contribution in [0, 0.1) is 11.8 Å². The van der Waals surface area contributed by atoms with Gasteiger partial charge in [-0.25, -0.2) is 0 Å². The van der Waals surface area contributed by atoms with Gasteiger partial charge in [-0.3, -0.25) is 9.80 Å². The second-order valence-electron chi connectivity index (χ2n) is 10.9. The van der Waals surface area contributed by atoms with E-state index in [9.17, 15) is 0 Å². The van der Waals surface area contributed by atoms with Crippen molar-refractivity contribution in [3.63, 3.8) is 0 Å². The first kappa shape index (κ1) is 25.4. The van der Waals surface area contributed by atoms with Crippen molar-refractivity contribution in [2.24, 2.45) is 11.8 Å². The molecule has 1 fully saturated rings. The van der Waals surface area contributed by atoms with Crippen LogP contribution in [0.15, 0.2) is 36.4 Å². The normalized spacial score (nSPS) is 26.0. The zero-order chi connectivity index (χ0) is 24.1. The topological polar surface area (TPSA) is 40.7 Å². The number of hydrogen-bond donors (Lipinski definition) is 1. The summed E-state index contributed by atoms with van der Waals surface area (Å²) in [5, 5.41) is 1.43. The van der Waals surface area contributed by atoms with Gasteiger partial charge in [0.25, 0.3) is 0 Å². The highest BCUT2D eigenvalue weighted by Gasteiger charge is 2.41. The number of nitrogens with one attached hydrogen (secondary N) is 1. The Hall–Kier alpha value is -2.21. The summed E-state index contributed by atoms with van der Waals surface area (Å²) >= 11 is 0. The van der Waals surface area contributed by atoms with Gasteiger partial charge in [0, 0.05) is 42.3 Å². The molecule has 3 aliphatic heterocycles. The lowest BCUT2D eigenvalue weighted by Crippen LogP contribution is -2.47. The van der Waals surface area contributed by atoms with E-state index in [1.165, 1.54) is 60.1 Å². The SMILES string of the molecule is CC[C@H]1CN2CCc3c([nH]c4ccccc34)[C@@H]2C[C@@H]1CC1c2cc(OC)c(OC)cc2CCN1C.Cl. The summed E-state index contributed by atoms with van der Waals surface area (Å²) in [6, 6.07) is 14.3. The summed E-state index contributed by atoms with van der Waals surface area (Å²) in [7, 11) is 5.78. The zero-order valence-electron chi connectivity index (χ0n) is 22.0. The lowest BCUT2D eigenvalue weighted by atomic mass is 9.73. The molecule has 4 atom stereocenters. The number of hydrogen-bond acceptors (Lipinski definition) is 4. The van der Waals surface area contributed by atoms with Crippen molar-refractivity contribution in [3.05, 3.63) is 58.8 Å². The number of ether oxygens (including phenoxy) is 2. The quantitative estimate of drug-likeness (QED) is 0.446. The van der Waals surface area contributed by atoms with Crippen LogP contribution in [-0.2, 0) is 12.8 Å². The van der Waals surface area contributed by atoms with E-state index in [2.05, 4.69) is 65.2 Å². The summed E-state index contributed by atoms with van der Waals surface area (Å²) in [5.74, 6) is 3.15. The van der Waals surface area contributed by atoms with Gasteiger partial charge in [0.15, 0.2) is 11.5 Å². The van der Waals surface area contributed by atoms with Crippen LogP contribution in [0.3, 0.4) is 0 Å². The Morgan fingerprint density at radius 2 is 1.78 bits per heavy atom. The molecule has 0 aliphatic carbocycles. The standard InChI is InChI=1S/C30H39N3O2.ClH/c1-5-19-18-33-13-11-23-22-8-6-7-9-25(22)31-30(23)27(33)15-21(19)14-26-24-17-29(35-4)28(34-3)16-20(24)10-12-32(26)2;/h6-9,16-17,19,21,26-27,31H,5,10-15,18H2,1-4H3;1H/t19-,21-,26?,27-;/m0./s1. The van der Waals surface area contributed by atoms with Crippen molar-refractivity contribution in [2.45, 2.75) is 51.1 Å². The number of halogens is 1. The Morgan fingerprint density at radius 3 is 2.56 bits per heavy atom. The minimum Gasteiger partial charge on any atom is -0.493 e. The highest BCUT2D eigenvalue weighted by Crippen LogP contribution is 2.48. The van der Waals surface area contributed by atoms with E-state index in [0.29, 0.717) is 18.0 Å². The van der Waals surface area contributed by atoms with Crippen molar-refractivity contribution >= 4 is 23.3 Å². The Kier molecular flexibility index (Phi) is 7.26. The number of para-hydroxylation sites is 1. The number of piperidine rings is 1. The van der Waals surface area contributed by atoms with Crippen LogP contribution in [-0.4, -0.2) is 55.7 Å². The van der Waals surface area contributed by atoms with Crippen molar-refractivity contribution in [1.29, 1.82) is 0 Å². The first-order valence-corrected chi connectivity index (χ1v) is 13.4. The third-order valence-corrected chi connectivity index (χ3v) is 9.25. The molecule has 0 amide bonds.